The first-order valence-corrected chi connectivity index (χ1v) is 7.62. The second-order valence-corrected chi connectivity index (χ2v) is 6.11. The number of hydrogen-bond donors (Lipinski definition) is 1. The van der Waals surface area contributed by atoms with Crippen molar-refractivity contribution < 1.29 is 13.2 Å². The normalized spacial score (nSPS) is 10.7. The highest BCUT2D eigenvalue weighted by Crippen LogP contribution is 2.23. The van der Waals surface area contributed by atoms with E-state index in [0.29, 0.717) is 17.0 Å². The molecule has 0 bridgehead atoms. The molecule has 0 aromatic heterocycles. The number of nitrogens with one attached hydrogen (secondary N) is 1. The summed E-state index contributed by atoms with van der Waals surface area (Å²) in [4.78, 5) is 0.106. The van der Waals surface area contributed by atoms with Crippen LogP contribution in [0.2, 0.25) is 0 Å². The fourth-order valence-corrected chi connectivity index (χ4v) is 2.91. The van der Waals surface area contributed by atoms with E-state index in [9.17, 15) is 8.42 Å². The molecule has 108 valence electrons. The molecule has 6 heteroatoms. The van der Waals surface area contributed by atoms with Gasteiger partial charge < -0.3 is 4.74 Å². The van der Waals surface area contributed by atoms with Crippen molar-refractivity contribution in [3.63, 3.8) is 0 Å². The number of methoxy groups -OCH3 is 1. The molecule has 0 saturated carbocycles. The van der Waals surface area contributed by atoms with Crippen molar-refractivity contribution in [2.45, 2.75) is 11.8 Å². The molecule has 0 amide bonds. The van der Waals surface area contributed by atoms with Crippen molar-refractivity contribution in [3.05, 3.63) is 53.6 Å². The predicted octanol–water partition coefficient (Wildman–Crippen LogP) is 2.68. The van der Waals surface area contributed by atoms with Crippen LogP contribution in [0, 0.1) is 18.3 Å². The largest absolute Gasteiger partial charge is 0.496 e. The molecule has 0 saturated heterocycles. The average Bonchev–Trinajstić information content (AvgIpc) is 2.47. The molecule has 5 nitrogen and oxygen atoms in total. The molecule has 0 fully saturated rings. The summed E-state index contributed by atoms with van der Waals surface area (Å²) in [7, 11) is -2.12. The first-order chi connectivity index (χ1) is 9.96. The molecular weight excluding hydrogens is 288 g/mol. The Morgan fingerprint density at radius 1 is 1.14 bits per heavy atom. The summed E-state index contributed by atoms with van der Waals surface area (Å²) in [6.07, 6.45) is 0. The quantitative estimate of drug-likeness (QED) is 0.941. The lowest BCUT2D eigenvalue weighted by molar-refractivity contribution is 0.412. The van der Waals surface area contributed by atoms with Crippen molar-refractivity contribution in [1.29, 1.82) is 5.26 Å². The lowest BCUT2D eigenvalue weighted by Crippen LogP contribution is -2.13. The van der Waals surface area contributed by atoms with Crippen LogP contribution in [0.5, 0.6) is 5.75 Å². The van der Waals surface area contributed by atoms with Crippen LogP contribution >= 0.6 is 0 Å². The first-order valence-electron chi connectivity index (χ1n) is 6.14. The van der Waals surface area contributed by atoms with E-state index in [4.69, 9.17) is 10.00 Å². The molecule has 0 unspecified atom stereocenters. The van der Waals surface area contributed by atoms with Crippen LogP contribution in [0.3, 0.4) is 0 Å². The molecule has 2 aromatic carbocycles. The number of anilines is 1. The summed E-state index contributed by atoms with van der Waals surface area (Å²) >= 11 is 0. The predicted molar refractivity (Wildman–Crippen MR) is 79.7 cm³/mol. The number of ether oxygens (including phenoxy) is 1. The number of hydrogen-bond acceptors (Lipinski definition) is 4. The fraction of sp³-hybridized carbons (Fsp3) is 0.133. The topological polar surface area (TPSA) is 79.2 Å². The Kier molecular flexibility index (Phi) is 4.15. The monoisotopic (exact) mass is 302 g/mol. The van der Waals surface area contributed by atoms with Crippen LogP contribution in [0.1, 0.15) is 11.1 Å². The average molecular weight is 302 g/mol. The van der Waals surface area contributed by atoms with Gasteiger partial charge in [-0.1, -0.05) is 0 Å². The lowest BCUT2D eigenvalue weighted by Gasteiger charge is -2.10. The van der Waals surface area contributed by atoms with E-state index < -0.39 is 10.0 Å². The van der Waals surface area contributed by atoms with Gasteiger partial charge in [0.1, 0.15) is 5.75 Å². The molecule has 1 N–H and O–H groups in total. The van der Waals surface area contributed by atoms with Gasteiger partial charge in [0.15, 0.2) is 0 Å². The third-order valence-corrected chi connectivity index (χ3v) is 4.34. The van der Waals surface area contributed by atoms with E-state index in [1.807, 2.05) is 13.0 Å². The summed E-state index contributed by atoms with van der Waals surface area (Å²) < 4.78 is 32.1. The van der Waals surface area contributed by atoms with Gasteiger partial charge in [-0.05, 0) is 55.0 Å². The summed E-state index contributed by atoms with van der Waals surface area (Å²) in [5, 5.41) is 8.72. The Labute approximate surface area is 123 Å². The highest BCUT2D eigenvalue weighted by molar-refractivity contribution is 7.92. The van der Waals surface area contributed by atoms with Gasteiger partial charge in [-0.3, -0.25) is 4.72 Å². The Hall–Kier alpha value is -2.52. The van der Waals surface area contributed by atoms with E-state index in [0.717, 1.165) is 5.56 Å². The zero-order chi connectivity index (χ0) is 15.5. The van der Waals surface area contributed by atoms with Gasteiger partial charge in [-0.2, -0.15) is 5.26 Å². The summed E-state index contributed by atoms with van der Waals surface area (Å²) in [6.45, 7) is 1.83. The summed E-state index contributed by atoms with van der Waals surface area (Å²) in [6, 6.07) is 12.7. The molecule has 0 radical (unpaired) electrons. The maximum Gasteiger partial charge on any atom is 0.261 e. The van der Waals surface area contributed by atoms with Crippen LogP contribution in [0.4, 0.5) is 5.69 Å². The van der Waals surface area contributed by atoms with Gasteiger partial charge in [0, 0.05) is 5.69 Å². The van der Waals surface area contributed by atoms with E-state index in [1.165, 1.54) is 24.3 Å². The molecule has 0 atom stereocenters. The van der Waals surface area contributed by atoms with Gasteiger partial charge in [0.25, 0.3) is 10.0 Å². The van der Waals surface area contributed by atoms with Gasteiger partial charge in [0.2, 0.25) is 0 Å². The molecule has 0 heterocycles. The minimum Gasteiger partial charge on any atom is -0.496 e. The van der Waals surface area contributed by atoms with Crippen molar-refractivity contribution in [2.24, 2.45) is 0 Å². The highest BCUT2D eigenvalue weighted by Gasteiger charge is 2.14. The molecule has 2 rings (SSSR count). The van der Waals surface area contributed by atoms with Crippen LogP contribution < -0.4 is 9.46 Å². The molecule has 0 spiro atoms. The van der Waals surface area contributed by atoms with Gasteiger partial charge >= 0.3 is 0 Å². The number of aryl methyl sites for hydroxylation is 1. The second-order valence-electron chi connectivity index (χ2n) is 4.43. The maximum absolute atomic E-state index is 12.2. The highest BCUT2D eigenvalue weighted by atomic mass is 32.2. The van der Waals surface area contributed by atoms with E-state index in [-0.39, 0.29) is 4.90 Å². The Morgan fingerprint density at radius 2 is 1.81 bits per heavy atom. The summed E-state index contributed by atoms with van der Waals surface area (Å²) in [5.41, 5.74) is 1.70. The third-order valence-electron chi connectivity index (χ3n) is 2.94. The zero-order valence-corrected chi connectivity index (χ0v) is 12.4. The maximum atomic E-state index is 12.2. The number of nitrogens with zero attached hydrogens (tertiary/aromatic N) is 1. The minimum atomic E-state index is -3.67. The standard InChI is InChI=1S/C15H14N2O3S/c1-11-9-13(5-8-15(11)20-2)17-21(18,19)14-6-3-12(10-16)4-7-14/h3-9,17H,1-2H3. The van der Waals surface area contributed by atoms with E-state index in [2.05, 4.69) is 4.72 Å². The van der Waals surface area contributed by atoms with Crippen LogP contribution in [-0.2, 0) is 10.0 Å². The second kappa shape index (κ2) is 5.85. The van der Waals surface area contributed by atoms with Gasteiger partial charge in [-0.15, -0.1) is 0 Å². The van der Waals surface area contributed by atoms with Crippen LogP contribution in [0.15, 0.2) is 47.4 Å². The van der Waals surface area contributed by atoms with Gasteiger partial charge in [0.05, 0.1) is 23.6 Å². The van der Waals surface area contributed by atoms with Crippen LogP contribution in [-0.4, -0.2) is 15.5 Å². The fourth-order valence-electron chi connectivity index (χ4n) is 1.86. The molecule has 2 aromatic rings. The Morgan fingerprint density at radius 3 is 2.33 bits per heavy atom. The summed E-state index contributed by atoms with van der Waals surface area (Å²) in [5.74, 6) is 0.691. The minimum absolute atomic E-state index is 0.106. The number of sulfonamides is 1. The molecule has 0 aliphatic carbocycles. The molecule has 0 aliphatic heterocycles. The van der Waals surface area contributed by atoms with Crippen molar-refractivity contribution >= 4 is 15.7 Å². The van der Waals surface area contributed by atoms with E-state index >= 15 is 0 Å². The zero-order valence-electron chi connectivity index (χ0n) is 11.6. The molecular formula is C15H14N2O3S. The van der Waals surface area contributed by atoms with Crippen molar-refractivity contribution in [2.75, 3.05) is 11.8 Å². The number of rotatable bonds is 4. The van der Waals surface area contributed by atoms with Gasteiger partial charge in [-0.25, -0.2) is 8.42 Å². The number of benzene rings is 2. The van der Waals surface area contributed by atoms with Crippen LogP contribution in [0.25, 0.3) is 0 Å². The first kappa shape index (κ1) is 14.9. The Balaban J connectivity index is 2.28. The SMILES string of the molecule is COc1ccc(NS(=O)(=O)c2ccc(C#N)cc2)cc1C. The lowest BCUT2D eigenvalue weighted by atomic mass is 10.2. The molecule has 21 heavy (non-hydrogen) atoms. The Bertz CT molecular complexity index is 791. The van der Waals surface area contributed by atoms with Crippen molar-refractivity contribution in [1.82, 2.24) is 0 Å². The smallest absolute Gasteiger partial charge is 0.261 e. The number of nitriles is 1. The van der Waals surface area contributed by atoms with Crippen molar-refractivity contribution in [3.8, 4) is 11.8 Å². The third kappa shape index (κ3) is 3.33. The van der Waals surface area contributed by atoms with E-state index in [1.54, 1.807) is 25.3 Å². The molecule has 0 aliphatic rings.